The molecule has 0 saturated heterocycles. The van der Waals surface area contributed by atoms with E-state index in [1.165, 1.54) is 0 Å². The van der Waals surface area contributed by atoms with Crippen LogP contribution in [0.1, 0.15) is 16.8 Å². The number of benzene rings is 1. The summed E-state index contributed by atoms with van der Waals surface area (Å²) < 4.78 is 0. The molecular formula is C14H21N2O3. The number of aliphatic hydroxyl groups is 2. The fourth-order valence-electron chi connectivity index (χ4n) is 1.76. The van der Waals surface area contributed by atoms with Crippen molar-refractivity contribution >= 4 is 5.91 Å². The van der Waals surface area contributed by atoms with Gasteiger partial charge in [0.2, 0.25) is 0 Å². The second-order valence-corrected chi connectivity index (χ2v) is 4.19. The Labute approximate surface area is 113 Å². The first-order valence-electron chi connectivity index (χ1n) is 6.46. The standard InChI is InChI=1S/C14H21N2O3/c17-11-9-16(10-12-18)8-4-7-15-14(19)13-5-2-1-3-6-13/h2-3,5-6,17-18H,4,7-12H2,(H,15,19). The van der Waals surface area contributed by atoms with Gasteiger partial charge in [0, 0.05) is 25.2 Å². The predicted molar refractivity (Wildman–Crippen MR) is 72.8 cm³/mol. The number of rotatable bonds is 9. The zero-order chi connectivity index (χ0) is 13.9. The number of amides is 1. The third kappa shape index (κ3) is 6.33. The molecule has 0 aliphatic carbocycles. The summed E-state index contributed by atoms with van der Waals surface area (Å²) in [6, 6.07) is 9.72. The third-order valence-electron chi connectivity index (χ3n) is 2.75. The van der Waals surface area contributed by atoms with E-state index in [-0.39, 0.29) is 19.1 Å². The molecule has 19 heavy (non-hydrogen) atoms. The fourth-order valence-corrected chi connectivity index (χ4v) is 1.76. The molecule has 5 nitrogen and oxygen atoms in total. The lowest BCUT2D eigenvalue weighted by molar-refractivity contribution is 0.0949. The Morgan fingerprint density at radius 2 is 1.79 bits per heavy atom. The average Bonchev–Trinajstić information content (AvgIpc) is 2.44. The normalized spacial score (nSPS) is 10.7. The molecule has 0 heterocycles. The largest absolute Gasteiger partial charge is 0.395 e. The van der Waals surface area contributed by atoms with Crippen molar-refractivity contribution in [1.82, 2.24) is 10.2 Å². The van der Waals surface area contributed by atoms with Gasteiger partial charge in [-0.2, -0.15) is 0 Å². The van der Waals surface area contributed by atoms with Crippen LogP contribution in [0.2, 0.25) is 0 Å². The molecule has 0 aliphatic heterocycles. The summed E-state index contributed by atoms with van der Waals surface area (Å²) >= 11 is 0. The Morgan fingerprint density at radius 3 is 2.37 bits per heavy atom. The zero-order valence-corrected chi connectivity index (χ0v) is 11.0. The van der Waals surface area contributed by atoms with E-state index >= 15 is 0 Å². The summed E-state index contributed by atoms with van der Waals surface area (Å²) in [5.74, 6) is -0.0927. The van der Waals surface area contributed by atoms with E-state index in [2.05, 4.69) is 11.4 Å². The number of hydrogen-bond acceptors (Lipinski definition) is 4. The quantitative estimate of drug-likeness (QED) is 0.545. The molecule has 0 spiro atoms. The Morgan fingerprint density at radius 1 is 1.16 bits per heavy atom. The number of aliphatic hydroxyl groups excluding tert-OH is 2. The molecule has 3 N–H and O–H groups in total. The SMILES string of the molecule is O=C(NCCCN(CCO)CCO)c1cc[c]cc1. The highest BCUT2D eigenvalue weighted by Gasteiger charge is 2.05. The highest BCUT2D eigenvalue weighted by molar-refractivity contribution is 5.94. The lowest BCUT2D eigenvalue weighted by Gasteiger charge is -2.19. The number of hydrogen-bond donors (Lipinski definition) is 3. The topological polar surface area (TPSA) is 72.8 Å². The predicted octanol–water partition coefficient (Wildman–Crippen LogP) is -0.107. The van der Waals surface area contributed by atoms with E-state index in [9.17, 15) is 4.79 Å². The molecule has 1 aromatic rings. The average molecular weight is 265 g/mol. The summed E-state index contributed by atoms with van der Waals surface area (Å²) in [5, 5.41) is 20.6. The van der Waals surface area contributed by atoms with Crippen LogP contribution < -0.4 is 5.32 Å². The van der Waals surface area contributed by atoms with Gasteiger partial charge in [0.05, 0.1) is 13.2 Å². The molecule has 0 unspecified atom stereocenters. The van der Waals surface area contributed by atoms with Crippen molar-refractivity contribution < 1.29 is 15.0 Å². The molecule has 0 bridgehead atoms. The fraction of sp³-hybridized carbons (Fsp3) is 0.500. The molecule has 5 heteroatoms. The molecule has 105 valence electrons. The highest BCUT2D eigenvalue weighted by atomic mass is 16.3. The van der Waals surface area contributed by atoms with Crippen LogP contribution in [-0.4, -0.2) is 60.4 Å². The first kappa shape index (κ1) is 15.6. The van der Waals surface area contributed by atoms with Gasteiger partial charge >= 0.3 is 0 Å². The minimum atomic E-state index is -0.0927. The molecule has 1 radical (unpaired) electrons. The van der Waals surface area contributed by atoms with Gasteiger partial charge in [-0.1, -0.05) is 12.1 Å². The number of carbonyl (C=O) groups is 1. The van der Waals surface area contributed by atoms with Gasteiger partial charge in [-0.15, -0.1) is 0 Å². The van der Waals surface area contributed by atoms with E-state index in [1.807, 2.05) is 4.90 Å². The van der Waals surface area contributed by atoms with Gasteiger partial charge in [-0.05, 0) is 31.2 Å². The second-order valence-electron chi connectivity index (χ2n) is 4.19. The van der Waals surface area contributed by atoms with Crippen molar-refractivity contribution in [3.8, 4) is 0 Å². The third-order valence-corrected chi connectivity index (χ3v) is 2.75. The highest BCUT2D eigenvalue weighted by Crippen LogP contribution is 1.97. The molecule has 1 amide bonds. The molecule has 0 fully saturated rings. The van der Waals surface area contributed by atoms with Gasteiger partial charge in [0.15, 0.2) is 0 Å². The molecular weight excluding hydrogens is 244 g/mol. The summed E-state index contributed by atoms with van der Waals surface area (Å²) in [5.41, 5.74) is 0.626. The molecule has 0 atom stereocenters. The molecule has 1 rings (SSSR count). The van der Waals surface area contributed by atoms with Crippen LogP contribution in [0.4, 0.5) is 0 Å². The van der Waals surface area contributed by atoms with Crippen LogP contribution in [0.15, 0.2) is 24.3 Å². The van der Waals surface area contributed by atoms with Crippen molar-refractivity contribution in [2.75, 3.05) is 39.4 Å². The smallest absolute Gasteiger partial charge is 0.251 e. The molecule has 1 aromatic carbocycles. The lowest BCUT2D eigenvalue weighted by atomic mass is 10.2. The molecule has 0 saturated carbocycles. The number of nitrogens with zero attached hydrogens (tertiary/aromatic N) is 1. The summed E-state index contributed by atoms with van der Waals surface area (Å²) in [4.78, 5) is 13.7. The minimum absolute atomic E-state index is 0.0763. The summed E-state index contributed by atoms with van der Waals surface area (Å²) in [6.07, 6.45) is 0.782. The minimum Gasteiger partial charge on any atom is -0.395 e. The molecule has 0 aromatic heterocycles. The Bertz CT molecular complexity index is 351. The van der Waals surface area contributed by atoms with Crippen molar-refractivity contribution in [3.05, 3.63) is 35.9 Å². The van der Waals surface area contributed by atoms with Crippen LogP contribution >= 0.6 is 0 Å². The van der Waals surface area contributed by atoms with Gasteiger partial charge in [-0.3, -0.25) is 9.69 Å². The van der Waals surface area contributed by atoms with Gasteiger partial charge in [0.25, 0.3) is 5.91 Å². The maximum Gasteiger partial charge on any atom is 0.251 e. The zero-order valence-electron chi connectivity index (χ0n) is 11.0. The van der Waals surface area contributed by atoms with Crippen LogP contribution in [0.25, 0.3) is 0 Å². The first-order valence-corrected chi connectivity index (χ1v) is 6.46. The second kappa shape index (κ2) is 9.49. The van der Waals surface area contributed by atoms with E-state index in [0.717, 1.165) is 13.0 Å². The van der Waals surface area contributed by atoms with Crippen LogP contribution in [-0.2, 0) is 0 Å². The van der Waals surface area contributed by atoms with Crippen LogP contribution in [0, 0.1) is 6.07 Å². The monoisotopic (exact) mass is 265 g/mol. The van der Waals surface area contributed by atoms with Crippen LogP contribution in [0.5, 0.6) is 0 Å². The van der Waals surface area contributed by atoms with E-state index in [1.54, 1.807) is 24.3 Å². The Hall–Kier alpha value is -1.43. The van der Waals surface area contributed by atoms with E-state index < -0.39 is 0 Å². The lowest BCUT2D eigenvalue weighted by Crippen LogP contribution is -2.33. The Kier molecular flexibility index (Phi) is 7.81. The number of carbonyl (C=O) groups excluding carboxylic acids is 1. The van der Waals surface area contributed by atoms with Crippen LogP contribution in [0.3, 0.4) is 0 Å². The van der Waals surface area contributed by atoms with Gasteiger partial charge < -0.3 is 15.5 Å². The maximum absolute atomic E-state index is 11.7. The van der Waals surface area contributed by atoms with Gasteiger partial charge in [-0.25, -0.2) is 0 Å². The van der Waals surface area contributed by atoms with Crippen molar-refractivity contribution in [1.29, 1.82) is 0 Å². The van der Waals surface area contributed by atoms with Crippen molar-refractivity contribution in [2.45, 2.75) is 6.42 Å². The Balaban J connectivity index is 2.21. The van der Waals surface area contributed by atoms with E-state index in [0.29, 0.717) is 25.2 Å². The molecule has 0 aliphatic rings. The summed E-state index contributed by atoms with van der Waals surface area (Å²) in [7, 11) is 0. The van der Waals surface area contributed by atoms with Gasteiger partial charge in [0.1, 0.15) is 0 Å². The first-order chi connectivity index (χ1) is 9.27. The van der Waals surface area contributed by atoms with E-state index in [4.69, 9.17) is 10.2 Å². The summed E-state index contributed by atoms with van der Waals surface area (Å²) in [6.45, 7) is 2.56. The van der Waals surface area contributed by atoms with Crippen molar-refractivity contribution in [2.24, 2.45) is 0 Å². The maximum atomic E-state index is 11.7. The van der Waals surface area contributed by atoms with Crippen molar-refractivity contribution in [3.63, 3.8) is 0 Å². The number of nitrogens with one attached hydrogen (secondary N) is 1.